The highest BCUT2D eigenvalue weighted by molar-refractivity contribution is 6.35. The van der Waals surface area contributed by atoms with Crippen LogP contribution in [0.15, 0.2) is 72.8 Å². The molecule has 148 valence electrons. The summed E-state index contributed by atoms with van der Waals surface area (Å²) in [6.07, 6.45) is 0. The predicted molar refractivity (Wildman–Crippen MR) is 130 cm³/mol. The second kappa shape index (κ2) is 12.2. The van der Waals surface area contributed by atoms with Crippen LogP contribution in [0.4, 0.5) is 0 Å². The van der Waals surface area contributed by atoms with Crippen LogP contribution in [0.2, 0.25) is 5.02 Å². The van der Waals surface area contributed by atoms with Gasteiger partial charge in [0.2, 0.25) is 0 Å². The third kappa shape index (κ3) is 5.84. The number of halogens is 1. The van der Waals surface area contributed by atoms with Gasteiger partial charge in [-0.25, -0.2) is 0 Å². The lowest BCUT2D eigenvalue weighted by Gasteiger charge is -2.04. The van der Waals surface area contributed by atoms with Crippen molar-refractivity contribution in [3.05, 3.63) is 94.5 Å². The average molecular weight is 393 g/mol. The van der Waals surface area contributed by atoms with Crippen molar-refractivity contribution < 1.29 is 0 Å². The quantitative estimate of drug-likeness (QED) is 0.279. The van der Waals surface area contributed by atoms with Crippen LogP contribution >= 0.6 is 11.6 Å². The summed E-state index contributed by atoms with van der Waals surface area (Å²) >= 11 is 6.06. The van der Waals surface area contributed by atoms with E-state index in [4.69, 9.17) is 11.6 Å². The van der Waals surface area contributed by atoms with Crippen LogP contribution in [-0.2, 0) is 0 Å². The van der Waals surface area contributed by atoms with Gasteiger partial charge in [-0.3, -0.25) is 0 Å². The highest BCUT2D eigenvalue weighted by atomic mass is 35.5. The van der Waals surface area contributed by atoms with Crippen LogP contribution in [0.5, 0.6) is 0 Å². The standard InChI is InChI=1S/C12H12.C11H9Cl.2C2H6/c1-9-5-3-7-11-8-4-6-10(2)12(9)11;1-8-4-2-5-9-6-3-7-10(12)11(8)9;2*1-2/h3-8H,1-2H3;2-7H,1H3;2*1-2H3. The average Bonchev–Trinajstić information content (AvgIpc) is 2.72. The minimum Gasteiger partial charge on any atom is -0.0837 e. The molecule has 4 rings (SSSR count). The summed E-state index contributed by atoms with van der Waals surface area (Å²) in [4.78, 5) is 0. The van der Waals surface area contributed by atoms with Gasteiger partial charge in [0.05, 0.1) is 0 Å². The highest BCUT2D eigenvalue weighted by Crippen LogP contribution is 2.26. The molecule has 4 aromatic rings. The Morgan fingerprint density at radius 3 is 1.14 bits per heavy atom. The minimum absolute atomic E-state index is 0.839. The van der Waals surface area contributed by atoms with Crippen LogP contribution in [0, 0.1) is 20.8 Å². The number of fused-ring (bicyclic) bond motifs is 2. The minimum atomic E-state index is 0.839. The van der Waals surface area contributed by atoms with Gasteiger partial charge in [0.1, 0.15) is 0 Å². The number of aryl methyl sites for hydroxylation is 3. The van der Waals surface area contributed by atoms with E-state index in [1.54, 1.807) is 0 Å². The first-order chi connectivity index (χ1) is 13.6. The molecule has 28 heavy (non-hydrogen) atoms. The Kier molecular flexibility index (Phi) is 10.3. The molecular formula is C27H33Cl. The van der Waals surface area contributed by atoms with Crippen molar-refractivity contribution in [2.45, 2.75) is 48.5 Å². The first-order valence-corrected chi connectivity index (χ1v) is 10.5. The first kappa shape index (κ1) is 23.7. The number of benzene rings is 4. The maximum absolute atomic E-state index is 6.06. The number of hydrogen-bond acceptors (Lipinski definition) is 0. The SMILES string of the molecule is CC.CC.Cc1cccc2cccc(C)c12.Cc1cccc2cccc(Cl)c12. The fourth-order valence-electron chi connectivity index (χ4n) is 3.22. The van der Waals surface area contributed by atoms with Gasteiger partial charge >= 0.3 is 0 Å². The summed E-state index contributed by atoms with van der Waals surface area (Å²) in [6, 6.07) is 25.1. The van der Waals surface area contributed by atoms with Crippen molar-refractivity contribution >= 4 is 33.1 Å². The summed E-state index contributed by atoms with van der Waals surface area (Å²) < 4.78 is 0. The van der Waals surface area contributed by atoms with Crippen LogP contribution in [-0.4, -0.2) is 0 Å². The third-order valence-corrected chi connectivity index (χ3v) is 4.70. The molecule has 1 heteroatoms. The molecule has 0 spiro atoms. The van der Waals surface area contributed by atoms with E-state index in [9.17, 15) is 0 Å². The zero-order valence-electron chi connectivity index (χ0n) is 18.3. The van der Waals surface area contributed by atoms with Gasteiger partial charge in [0.25, 0.3) is 0 Å². The van der Waals surface area contributed by atoms with E-state index in [2.05, 4.69) is 75.4 Å². The molecule has 0 aliphatic heterocycles. The van der Waals surface area contributed by atoms with Gasteiger partial charge in [0, 0.05) is 10.4 Å². The van der Waals surface area contributed by atoms with Gasteiger partial charge in [-0.05, 0) is 59.7 Å². The predicted octanol–water partition coefficient (Wildman–Crippen LogP) is 9.31. The topological polar surface area (TPSA) is 0 Å². The fraction of sp³-hybridized carbons (Fsp3) is 0.259. The second-order valence-corrected chi connectivity index (χ2v) is 6.57. The Hall–Kier alpha value is -2.31. The fourth-order valence-corrected chi connectivity index (χ4v) is 3.55. The highest BCUT2D eigenvalue weighted by Gasteiger charge is 1.99. The molecule has 0 aliphatic rings. The molecule has 0 unspecified atom stereocenters. The smallest absolute Gasteiger partial charge is 0.0487 e. The summed E-state index contributed by atoms with van der Waals surface area (Å²) in [5, 5.41) is 5.96. The normalized spacial score (nSPS) is 9.43. The van der Waals surface area contributed by atoms with Gasteiger partial charge in [-0.2, -0.15) is 0 Å². The lowest BCUT2D eigenvalue weighted by atomic mass is 10.0. The van der Waals surface area contributed by atoms with E-state index in [-0.39, 0.29) is 0 Å². The summed E-state index contributed by atoms with van der Waals surface area (Å²) in [5.74, 6) is 0. The van der Waals surface area contributed by atoms with Gasteiger partial charge in [-0.15, -0.1) is 0 Å². The zero-order valence-corrected chi connectivity index (χ0v) is 19.1. The summed E-state index contributed by atoms with van der Waals surface area (Å²) in [5.41, 5.74) is 3.97. The Morgan fingerprint density at radius 2 is 0.786 bits per heavy atom. The largest absolute Gasteiger partial charge is 0.0837 e. The zero-order chi connectivity index (χ0) is 21.1. The van der Waals surface area contributed by atoms with Crippen molar-refractivity contribution in [3.8, 4) is 0 Å². The Morgan fingerprint density at radius 1 is 0.464 bits per heavy atom. The maximum atomic E-state index is 6.06. The Bertz CT molecular complexity index is 843. The van der Waals surface area contributed by atoms with Crippen LogP contribution in [0.1, 0.15) is 44.4 Å². The second-order valence-electron chi connectivity index (χ2n) is 6.16. The molecule has 0 saturated carbocycles. The molecule has 0 radical (unpaired) electrons. The molecule has 0 aliphatic carbocycles. The monoisotopic (exact) mass is 392 g/mol. The van der Waals surface area contributed by atoms with Crippen molar-refractivity contribution in [2.75, 3.05) is 0 Å². The molecule has 0 amide bonds. The van der Waals surface area contributed by atoms with Crippen molar-refractivity contribution in [1.82, 2.24) is 0 Å². The van der Waals surface area contributed by atoms with Gasteiger partial charge in [-0.1, -0.05) is 106 Å². The molecule has 0 fully saturated rings. The van der Waals surface area contributed by atoms with E-state index < -0.39 is 0 Å². The Labute approximate surface area is 176 Å². The molecule has 0 N–H and O–H groups in total. The van der Waals surface area contributed by atoms with Crippen molar-refractivity contribution in [3.63, 3.8) is 0 Å². The van der Waals surface area contributed by atoms with Gasteiger partial charge < -0.3 is 0 Å². The third-order valence-electron chi connectivity index (χ3n) is 4.38. The van der Waals surface area contributed by atoms with Crippen LogP contribution < -0.4 is 0 Å². The van der Waals surface area contributed by atoms with Crippen molar-refractivity contribution in [2.24, 2.45) is 0 Å². The van der Waals surface area contributed by atoms with E-state index in [0.717, 1.165) is 5.02 Å². The lowest BCUT2D eigenvalue weighted by molar-refractivity contribution is 1.46. The van der Waals surface area contributed by atoms with Gasteiger partial charge in [0.15, 0.2) is 0 Å². The maximum Gasteiger partial charge on any atom is 0.0487 e. The van der Waals surface area contributed by atoms with E-state index in [1.165, 1.54) is 38.2 Å². The van der Waals surface area contributed by atoms with Crippen molar-refractivity contribution in [1.29, 1.82) is 0 Å². The first-order valence-electron chi connectivity index (χ1n) is 10.2. The molecule has 0 saturated heterocycles. The number of hydrogen-bond donors (Lipinski definition) is 0. The summed E-state index contributed by atoms with van der Waals surface area (Å²) in [7, 11) is 0. The molecular weight excluding hydrogens is 360 g/mol. The molecule has 0 heterocycles. The Balaban J connectivity index is 0.000000238. The summed E-state index contributed by atoms with van der Waals surface area (Å²) in [6.45, 7) is 14.4. The molecule has 0 bridgehead atoms. The molecule has 0 atom stereocenters. The van der Waals surface area contributed by atoms with E-state index in [1.807, 2.05) is 45.9 Å². The lowest BCUT2D eigenvalue weighted by Crippen LogP contribution is -1.81. The molecule has 4 aromatic carbocycles. The van der Waals surface area contributed by atoms with Crippen LogP contribution in [0.3, 0.4) is 0 Å². The number of rotatable bonds is 0. The van der Waals surface area contributed by atoms with Crippen LogP contribution in [0.25, 0.3) is 21.5 Å². The molecule has 0 aromatic heterocycles. The molecule has 0 nitrogen and oxygen atoms in total. The van der Waals surface area contributed by atoms with E-state index in [0.29, 0.717) is 0 Å². The van der Waals surface area contributed by atoms with E-state index >= 15 is 0 Å².